The van der Waals surface area contributed by atoms with Crippen molar-refractivity contribution in [3.05, 3.63) is 29.8 Å². The minimum atomic E-state index is -4.72. The van der Waals surface area contributed by atoms with Crippen molar-refractivity contribution in [3.63, 3.8) is 0 Å². The molecule has 0 aliphatic rings. The molecule has 0 amide bonds. The zero-order chi connectivity index (χ0) is 15.2. The molecular formula is C13H14ClF3O3. The Morgan fingerprint density at radius 2 is 1.90 bits per heavy atom. The predicted molar refractivity (Wildman–Crippen MR) is 67.6 cm³/mol. The highest BCUT2D eigenvalue weighted by Crippen LogP contribution is 2.29. The lowest BCUT2D eigenvalue weighted by Gasteiger charge is -2.12. The molecule has 1 atom stereocenters. The highest BCUT2D eigenvalue weighted by molar-refractivity contribution is 6.20. The number of hydrogen-bond acceptors (Lipinski definition) is 3. The molecule has 0 bridgehead atoms. The third kappa shape index (κ3) is 6.14. The van der Waals surface area contributed by atoms with E-state index in [-0.39, 0.29) is 18.1 Å². The SMILES string of the molecule is CCOC(=O)CCC(Cl)c1ccc(OC(F)(F)F)cc1. The second-order valence-corrected chi connectivity index (χ2v) is 4.45. The van der Waals surface area contributed by atoms with Crippen LogP contribution >= 0.6 is 11.6 Å². The van der Waals surface area contributed by atoms with Crippen LogP contribution in [0.25, 0.3) is 0 Å². The van der Waals surface area contributed by atoms with Gasteiger partial charge >= 0.3 is 12.3 Å². The lowest BCUT2D eigenvalue weighted by Crippen LogP contribution is -2.17. The number of halogens is 4. The zero-order valence-corrected chi connectivity index (χ0v) is 11.5. The number of hydrogen-bond donors (Lipinski definition) is 0. The third-order valence-corrected chi connectivity index (χ3v) is 2.85. The quantitative estimate of drug-likeness (QED) is 0.583. The molecule has 1 aromatic carbocycles. The number of rotatable bonds is 6. The van der Waals surface area contributed by atoms with Crippen LogP contribution in [0.15, 0.2) is 24.3 Å². The van der Waals surface area contributed by atoms with Gasteiger partial charge in [-0.2, -0.15) is 0 Å². The van der Waals surface area contributed by atoms with Crippen LogP contribution in [0.4, 0.5) is 13.2 Å². The first-order chi connectivity index (χ1) is 9.31. The van der Waals surface area contributed by atoms with E-state index in [4.69, 9.17) is 16.3 Å². The summed E-state index contributed by atoms with van der Waals surface area (Å²) in [5, 5.41) is -0.473. The Bertz CT molecular complexity index is 431. The lowest BCUT2D eigenvalue weighted by molar-refractivity contribution is -0.274. The van der Waals surface area contributed by atoms with Gasteiger partial charge in [0.1, 0.15) is 5.75 Å². The normalized spacial score (nSPS) is 12.8. The Kier molecular flexibility index (Phi) is 6.13. The fraction of sp³-hybridized carbons (Fsp3) is 0.462. The van der Waals surface area contributed by atoms with Gasteiger partial charge < -0.3 is 9.47 Å². The second kappa shape index (κ2) is 7.38. The minimum absolute atomic E-state index is 0.156. The summed E-state index contributed by atoms with van der Waals surface area (Å²) >= 11 is 6.07. The molecule has 20 heavy (non-hydrogen) atoms. The molecule has 7 heteroatoms. The lowest BCUT2D eigenvalue weighted by atomic mass is 10.1. The molecule has 0 fully saturated rings. The van der Waals surface area contributed by atoms with E-state index in [1.165, 1.54) is 24.3 Å². The number of carbonyl (C=O) groups excluding carboxylic acids is 1. The summed E-state index contributed by atoms with van der Waals surface area (Å²) in [6.45, 7) is 2.00. The monoisotopic (exact) mass is 310 g/mol. The van der Waals surface area contributed by atoms with Gasteiger partial charge in [0.25, 0.3) is 0 Å². The Labute approximate surface area is 119 Å². The van der Waals surface area contributed by atoms with E-state index in [0.717, 1.165) is 0 Å². The standard InChI is InChI=1S/C13H14ClF3O3/c1-2-19-12(18)8-7-11(14)9-3-5-10(6-4-9)20-13(15,16)17/h3-6,11H,2,7-8H2,1H3. The molecule has 0 aliphatic carbocycles. The highest BCUT2D eigenvalue weighted by Gasteiger charge is 2.31. The van der Waals surface area contributed by atoms with Crippen LogP contribution in [0.5, 0.6) is 5.75 Å². The van der Waals surface area contributed by atoms with Crippen molar-refractivity contribution in [1.29, 1.82) is 0 Å². The number of alkyl halides is 4. The maximum atomic E-state index is 12.0. The van der Waals surface area contributed by atoms with E-state index < -0.39 is 11.7 Å². The third-order valence-electron chi connectivity index (χ3n) is 2.38. The molecule has 0 aliphatic heterocycles. The molecule has 0 saturated carbocycles. The number of carbonyl (C=O) groups is 1. The van der Waals surface area contributed by atoms with Crippen LogP contribution in [0.2, 0.25) is 0 Å². The highest BCUT2D eigenvalue weighted by atomic mass is 35.5. The number of benzene rings is 1. The number of esters is 1. The molecule has 3 nitrogen and oxygen atoms in total. The van der Waals surface area contributed by atoms with E-state index in [1.54, 1.807) is 6.92 Å². The van der Waals surface area contributed by atoms with Crippen molar-refractivity contribution < 1.29 is 27.4 Å². The Morgan fingerprint density at radius 3 is 2.40 bits per heavy atom. The zero-order valence-electron chi connectivity index (χ0n) is 10.7. The predicted octanol–water partition coefficient (Wildman–Crippen LogP) is 4.21. The van der Waals surface area contributed by atoms with Gasteiger partial charge in [-0.05, 0) is 31.0 Å². The first-order valence-corrected chi connectivity index (χ1v) is 6.41. The van der Waals surface area contributed by atoms with Crippen LogP contribution in [0, 0.1) is 0 Å². The Hall–Kier alpha value is -1.43. The van der Waals surface area contributed by atoms with Gasteiger partial charge in [-0.15, -0.1) is 24.8 Å². The molecule has 1 unspecified atom stereocenters. The van der Waals surface area contributed by atoms with Crippen molar-refractivity contribution in [2.75, 3.05) is 6.61 Å². The summed E-state index contributed by atoms with van der Waals surface area (Å²) < 4.78 is 44.5. The van der Waals surface area contributed by atoms with E-state index in [9.17, 15) is 18.0 Å². The fourth-order valence-corrected chi connectivity index (χ4v) is 1.78. The topological polar surface area (TPSA) is 35.5 Å². The molecule has 1 rings (SSSR count). The van der Waals surface area contributed by atoms with Crippen molar-refractivity contribution in [1.82, 2.24) is 0 Å². The van der Waals surface area contributed by atoms with Crippen molar-refractivity contribution in [2.45, 2.75) is 31.5 Å². The molecule has 0 heterocycles. The average Bonchev–Trinajstić information content (AvgIpc) is 2.35. The van der Waals surface area contributed by atoms with Gasteiger partial charge in [0, 0.05) is 6.42 Å². The number of ether oxygens (including phenoxy) is 2. The summed E-state index contributed by atoms with van der Waals surface area (Å²) in [6.07, 6.45) is -4.21. The molecule has 0 saturated heterocycles. The van der Waals surface area contributed by atoms with E-state index >= 15 is 0 Å². The Balaban J connectivity index is 2.53. The molecule has 112 valence electrons. The second-order valence-electron chi connectivity index (χ2n) is 3.93. The van der Waals surface area contributed by atoms with Gasteiger partial charge in [0.05, 0.1) is 12.0 Å². The van der Waals surface area contributed by atoms with Crippen molar-refractivity contribution in [2.24, 2.45) is 0 Å². The fourth-order valence-electron chi connectivity index (χ4n) is 1.52. The molecule has 1 aromatic rings. The maximum absolute atomic E-state index is 12.0. The molecule has 0 spiro atoms. The maximum Gasteiger partial charge on any atom is 0.573 e. The minimum Gasteiger partial charge on any atom is -0.466 e. The molecule has 0 N–H and O–H groups in total. The van der Waals surface area contributed by atoms with E-state index in [0.29, 0.717) is 18.6 Å². The average molecular weight is 311 g/mol. The van der Waals surface area contributed by atoms with Crippen LogP contribution in [-0.4, -0.2) is 18.9 Å². The van der Waals surface area contributed by atoms with Crippen molar-refractivity contribution in [3.8, 4) is 5.75 Å². The first-order valence-electron chi connectivity index (χ1n) is 5.97. The van der Waals surface area contributed by atoms with E-state index in [2.05, 4.69) is 4.74 Å². The van der Waals surface area contributed by atoms with Crippen LogP contribution in [0.1, 0.15) is 30.7 Å². The van der Waals surface area contributed by atoms with Crippen LogP contribution in [-0.2, 0) is 9.53 Å². The van der Waals surface area contributed by atoms with Crippen LogP contribution < -0.4 is 4.74 Å². The smallest absolute Gasteiger partial charge is 0.466 e. The van der Waals surface area contributed by atoms with Gasteiger partial charge in [0.2, 0.25) is 0 Å². The van der Waals surface area contributed by atoms with Gasteiger partial charge in [-0.25, -0.2) is 0 Å². The molecular weight excluding hydrogens is 297 g/mol. The largest absolute Gasteiger partial charge is 0.573 e. The summed E-state index contributed by atoms with van der Waals surface area (Å²) in [6, 6.07) is 5.24. The van der Waals surface area contributed by atoms with E-state index in [1.807, 2.05) is 0 Å². The summed E-state index contributed by atoms with van der Waals surface area (Å²) in [7, 11) is 0. The summed E-state index contributed by atoms with van der Waals surface area (Å²) in [5.74, 6) is -0.661. The Morgan fingerprint density at radius 1 is 1.30 bits per heavy atom. The van der Waals surface area contributed by atoms with Crippen molar-refractivity contribution >= 4 is 17.6 Å². The summed E-state index contributed by atoms with van der Waals surface area (Å²) in [5.41, 5.74) is 0.616. The first kappa shape index (κ1) is 16.6. The van der Waals surface area contributed by atoms with Gasteiger partial charge in [0.15, 0.2) is 0 Å². The molecule has 0 aromatic heterocycles. The molecule has 0 radical (unpaired) electrons. The van der Waals surface area contributed by atoms with Gasteiger partial charge in [-0.1, -0.05) is 12.1 Å². The summed E-state index contributed by atoms with van der Waals surface area (Å²) in [4.78, 5) is 11.2. The van der Waals surface area contributed by atoms with Crippen LogP contribution in [0.3, 0.4) is 0 Å². The van der Waals surface area contributed by atoms with Gasteiger partial charge in [-0.3, -0.25) is 4.79 Å².